The van der Waals surface area contributed by atoms with Crippen LogP contribution in [0.15, 0.2) is 23.1 Å². The zero-order valence-electron chi connectivity index (χ0n) is 9.75. The van der Waals surface area contributed by atoms with Gasteiger partial charge in [0.1, 0.15) is 6.10 Å². The van der Waals surface area contributed by atoms with Crippen LogP contribution in [0, 0.1) is 6.92 Å². The third-order valence-corrected chi connectivity index (χ3v) is 3.66. The highest BCUT2D eigenvalue weighted by atomic mass is 32.2. The lowest BCUT2D eigenvalue weighted by molar-refractivity contribution is -0.103. The third kappa shape index (κ3) is 2.69. The molecule has 1 aliphatic rings. The summed E-state index contributed by atoms with van der Waals surface area (Å²) in [4.78, 5) is 11.7. The van der Waals surface area contributed by atoms with Crippen molar-refractivity contribution in [2.75, 3.05) is 13.2 Å². The molecule has 1 saturated heterocycles. The molecule has 7 heteroatoms. The highest BCUT2D eigenvalue weighted by molar-refractivity contribution is 7.89. The minimum Gasteiger partial charge on any atom is -0.454 e. The predicted molar refractivity (Wildman–Crippen MR) is 62.6 cm³/mol. The van der Waals surface area contributed by atoms with E-state index in [1.807, 2.05) is 0 Å². The third-order valence-electron chi connectivity index (χ3n) is 2.61. The molecule has 0 atom stereocenters. The molecule has 2 rings (SSSR count). The molecule has 98 valence electrons. The molecule has 18 heavy (non-hydrogen) atoms. The number of aryl methyl sites for hydroxylation is 1. The average Bonchev–Trinajstić information content (AvgIpc) is 2.22. The molecule has 0 amide bonds. The fourth-order valence-corrected chi connectivity index (χ4v) is 2.34. The second-order valence-electron chi connectivity index (χ2n) is 4.09. The van der Waals surface area contributed by atoms with E-state index in [1.54, 1.807) is 6.92 Å². The van der Waals surface area contributed by atoms with E-state index < -0.39 is 16.0 Å². The first-order valence-electron chi connectivity index (χ1n) is 5.30. The number of hydrogen-bond donors (Lipinski definition) is 1. The zero-order valence-corrected chi connectivity index (χ0v) is 10.6. The molecule has 0 aliphatic carbocycles. The Balaban J connectivity index is 2.26. The van der Waals surface area contributed by atoms with E-state index in [1.165, 1.54) is 18.2 Å². The Morgan fingerprint density at radius 3 is 2.61 bits per heavy atom. The van der Waals surface area contributed by atoms with E-state index in [0.717, 1.165) is 0 Å². The number of ether oxygens (including phenoxy) is 2. The number of carbonyl (C=O) groups excluding carboxylic acids is 1. The van der Waals surface area contributed by atoms with Crippen molar-refractivity contribution >= 4 is 16.0 Å². The van der Waals surface area contributed by atoms with E-state index >= 15 is 0 Å². The Morgan fingerprint density at radius 2 is 2.11 bits per heavy atom. The number of esters is 1. The van der Waals surface area contributed by atoms with Gasteiger partial charge in [-0.3, -0.25) is 0 Å². The van der Waals surface area contributed by atoms with Gasteiger partial charge in [-0.2, -0.15) is 0 Å². The number of rotatable bonds is 3. The summed E-state index contributed by atoms with van der Waals surface area (Å²) in [6, 6.07) is 4.26. The van der Waals surface area contributed by atoms with Crippen LogP contribution < -0.4 is 5.14 Å². The molecule has 1 aliphatic heterocycles. The molecule has 1 heterocycles. The minimum absolute atomic E-state index is 0.0678. The molecule has 0 spiro atoms. The summed E-state index contributed by atoms with van der Waals surface area (Å²) >= 11 is 0. The van der Waals surface area contributed by atoms with Crippen molar-refractivity contribution in [1.82, 2.24) is 0 Å². The molecule has 0 bridgehead atoms. The van der Waals surface area contributed by atoms with Crippen molar-refractivity contribution in [3.05, 3.63) is 29.3 Å². The van der Waals surface area contributed by atoms with Gasteiger partial charge in [0, 0.05) is 0 Å². The highest BCUT2D eigenvalue weighted by Crippen LogP contribution is 2.17. The van der Waals surface area contributed by atoms with E-state index in [4.69, 9.17) is 14.6 Å². The largest absolute Gasteiger partial charge is 0.454 e. The molecule has 0 saturated carbocycles. The second-order valence-corrected chi connectivity index (χ2v) is 5.62. The Kier molecular flexibility index (Phi) is 3.38. The Morgan fingerprint density at radius 1 is 1.44 bits per heavy atom. The van der Waals surface area contributed by atoms with E-state index in [9.17, 15) is 13.2 Å². The lowest BCUT2D eigenvalue weighted by Crippen LogP contribution is -2.37. The van der Waals surface area contributed by atoms with Crippen molar-refractivity contribution in [2.45, 2.75) is 17.9 Å². The van der Waals surface area contributed by atoms with Crippen molar-refractivity contribution in [2.24, 2.45) is 5.14 Å². The van der Waals surface area contributed by atoms with E-state index in [-0.39, 0.29) is 16.6 Å². The summed E-state index contributed by atoms with van der Waals surface area (Å²) < 4.78 is 32.6. The monoisotopic (exact) mass is 271 g/mol. The van der Waals surface area contributed by atoms with Gasteiger partial charge in [0.15, 0.2) is 0 Å². The van der Waals surface area contributed by atoms with Crippen molar-refractivity contribution in [3.63, 3.8) is 0 Å². The quantitative estimate of drug-likeness (QED) is 0.792. The van der Waals surface area contributed by atoms with E-state index in [0.29, 0.717) is 18.8 Å². The van der Waals surface area contributed by atoms with Crippen LogP contribution in [0.1, 0.15) is 15.9 Å². The van der Waals surface area contributed by atoms with Gasteiger partial charge in [-0.25, -0.2) is 18.4 Å². The SMILES string of the molecule is Cc1ccc(C(=O)OC2COC2)cc1S(N)(=O)=O. The average molecular weight is 271 g/mol. The lowest BCUT2D eigenvalue weighted by Gasteiger charge is -2.25. The predicted octanol–water partition coefficient (Wildman–Crippen LogP) is 0.198. The minimum atomic E-state index is -3.84. The second kappa shape index (κ2) is 4.68. The van der Waals surface area contributed by atoms with Gasteiger partial charge < -0.3 is 9.47 Å². The van der Waals surface area contributed by atoms with Crippen LogP contribution in [0.2, 0.25) is 0 Å². The first-order valence-corrected chi connectivity index (χ1v) is 6.85. The maximum Gasteiger partial charge on any atom is 0.338 e. The molecular weight excluding hydrogens is 258 g/mol. The summed E-state index contributed by atoms with van der Waals surface area (Å²) in [5.41, 5.74) is 0.651. The molecule has 1 aromatic rings. The maximum absolute atomic E-state index is 11.7. The van der Waals surface area contributed by atoms with Gasteiger partial charge in [0.2, 0.25) is 10.0 Å². The fourth-order valence-electron chi connectivity index (χ4n) is 1.54. The summed E-state index contributed by atoms with van der Waals surface area (Å²) in [7, 11) is -3.84. The smallest absolute Gasteiger partial charge is 0.338 e. The Bertz CT molecular complexity index is 577. The number of primary sulfonamides is 1. The number of carbonyl (C=O) groups is 1. The molecular formula is C11H13NO5S. The Hall–Kier alpha value is -1.44. The summed E-state index contributed by atoms with van der Waals surface area (Å²) in [6.45, 7) is 2.36. The summed E-state index contributed by atoms with van der Waals surface area (Å²) in [5.74, 6) is -0.576. The Labute approximate surface area is 105 Å². The molecule has 2 N–H and O–H groups in total. The van der Waals surface area contributed by atoms with Gasteiger partial charge in [-0.05, 0) is 24.6 Å². The number of benzene rings is 1. The summed E-state index contributed by atoms with van der Waals surface area (Å²) in [6.07, 6.45) is -0.253. The van der Waals surface area contributed by atoms with Crippen LogP contribution >= 0.6 is 0 Å². The van der Waals surface area contributed by atoms with Crippen LogP contribution in [0.3, 0.4) is 0 Å². The van der Waals surface area contributed by atoms with Gasteiger partial charge in [-0.15, -0.1) is 0 Å². The normalized spacial score (nSPS) is 16.1. The lowest BCUT2D eigenvalue weighted by atomic mass is 10.1. The molecule has 1 fully saturated rings. The number of sulfonamides is 1. The topological polar surface area (TPSA) is 95.7 Å². The van der Waals surface area contributed by atoms with Crippen molar-refractivity contribution < 1.29 is 22.7 Å². The van der Waals surface area contributed by atoms with Crippen molar-refractivity contribution in [3.8, 4) is 0 Å². The molecule has 1 aromatic carbocycles. The van der Waals surface area contributed by atoms with Gasteiger partial charge >= 0.3 is 5.97 Å². The first kappa shape index (κ1) is 13.0. The maximum atomic E-state index is 11.7. The zero-order chi connectivity index (χ0) is 13.3. The van der Waals surface area contributed by atoms with Gasteiger partial charge in [0.25, 0.3) is 0 Å². The molecule has 6 nitrogen and oxygen atoms in total. The van der Waals surface area contributed by atoms with Gasteiger partial charge in [0.05, 0.1) is 23.7 Å². The van der Waals surface area contributed by atoms with Crippen LogP contribution in [0.25, 0.3) is 0 Å². The van der Waals surface area contributed by atoms with E-state index in [2.05, 4.69) is 0 Å². The standard InChI is InChI=1S/C11H13NO5S/c1-7-2-3-8(4-10(7)18(12,14)15)11(13)17-9-5-16-6-9/h2-4,9H,5-6H2,1H3,(H2,12,14,15). The first-order chi connectivity index (χ1) is 8.38. The number of hydrogen-bond acceptors (Lipinski definition) is 5. The van der Waals surface area contributed by atoms with Crippen molar-refractivity contribution in [1.29, 1.82) is 0 Å². The fraction of sp³-hybridized carbons (Fsp3) is 0.364. The number of nitrogens with two attached hydrogens (primary N) is 1. The van der Waals surface area contributed by atoms with Crippen LogP contribution in [-0.4, -0.2) is 33.7 Å². The molecule has 0 unspecified atom stereocenters. The molecule has 0 radical (unpaired) electrons. The highest BCUT2D eigenvalue weighted by Gasteiger charge is 2.24. The summed E-state index contributed by atoms with van der Waals surface area (Å²) in [5, 5.41) is 5.07. The van der Waals surface area contributed by atoms with Crippen LogP contribution in [-0.2, 0) is 19.5 Å². The van der Waals surface area contributed by atoms with Crippen LogP contribution in [0.4, 0.5) is 0 Å². The van der Waals surface area contributed by atoms with Crippen LogP contribution in [0.5, 0.6) is 0 Å². The molecule has 0 aromatic heterocycles. The van der Waals surface area contributed by atoms with Gasteiger partial charge in [-0.1, -0.05) is 6.07 Å².